The lowest BCUT2D eigenvalue weighted by Crippen LogP contribution is -2.37. The third kappa shape index (κ3) is 3.26. The van der Waals surface area contributed by atoms with Gasteiger partial charge in [-0.25, -0.2) is 0 Å². The highest BCUT2D eigenvalue weighted by molar-refractivity contribution is 5.31. The van der Waals surface area contributed by atoms with E-state index in [1.807, 2.05) is 0 Å². The number of nitrogens with one attached hydrogen (secondary N) is 1. The Hall–Kier alpha value is -1.02. The van der Waals surface area contributed by atoms with E-state index >= 15 is 0 Å². The summed E-state index contributed by atoms with van der Waals surface area (Å²) in [4.78, 5) is 0. The predicted octanol–water partition coefficient (Wildman–Crippen LogP) is 3.51. The summed E-state index contributed by atoms with van der Waals surface area (Å²) in [7, 11) is 0. The molecule has 1 atom stereocenters. The van der Waals surface area contributed by atoms with Gasteiger partial charge in [-0.15, -0.1) is 0 Å². The maximum Gasteiger partial charge on any atom is 0.119 e. The molecule has 2 heteroatoms. The molecule has 1 aliphatic heterocycles. The van der Waals surface area contributed by atoms with Crippen LogP contribution in [0, 0.1) is 0 Å². The van der Waals surface area contributed by atoms with E-state index in [-0.39, 0.29) is 5.41 Å². The normalized spacial score (nSPS) is 20.7. The highest BCUT2D eigenvalue weighted by Gasteiger charge is 2.18. The van der Waals surface area contributed by atoms with E-state index in [0.717, 1.165) is 31.7 Å². The van der Waals surface area contributed by atoms with Crippen LogP contribution in [0.25, 0.3) is 0 Å². The van der Waals surface area contributed by atoms with Gasteiger partial charge in [0, 0.05) is 6.54 Å². The minimum atomic E-state index is 0.255. The molecule has 18 heavy (non-hydrogen) atoms. The Labute approximate surface area is 111 Å². The molecule has 0 spiro atoms. The second-order valence-electron chi connectivity index (χ2n) is 5.85. The standard InChI is InChI=1S/C16H25NO/c1-4-16(2,3)13-7-9-14(10-8-13)18-15-6-5-11-17-12-15/h7-10,15,17H,4-6,11-12H2,1-3H3/t15-/m1/s1. The summed E-state index contributed by atoms with van der Waals surface area (Å²) in [6.45, 7) is 8.91. The van der Waals surface area contributed by atoms with Crippen molar-refractivity contribution in [2.24, 2.45) is 0 Å². The number of rotatable bonds is 4. The first-order chi connectivity index (χ1) is 8.62. The fourth-order valence-electron chi connectivity index (χ4n) is 2.30. The summed E-state index contributed by atoms with van der Waals surface area (Å²) in [6.07, 6.45) is 3.87. The van der Waals surface area contributed by atoms with Gasteiger partial charge in [-0.1, -0.05) is 32.9 Å². The molecule has 100 valence electrons. The maximum absolute atomic E-state index is 5.99. The van der Waals surface area contributed by atoms with Crippen LogP contribution in [0.4, 0.5) is 0 Å². The first-order valence-electron chi connectivity index (χ1n) is 7.10. The van der Waals surface area contributed by atoms with Crippen molar-refractivity contribution in [3.8, 4) is 5.75 Å². The van der Waals surface area contributed by atoms with E-state index in [0.29, 0.717) is 6.10 Å². The summed E-state index contributed by atoms with van der Waals surface area (Å²) < 4.78 is 5.99. The smallest absolute Gasteiger partial charge is 0.119 e. The van der Waals surface area contributed by atoms with Crippen molar-refractivity contribution in [1.29, 1.82) is 0 Å². The quantitative estimate of drug-likeness (QED) is 0.879. The molecule has 1 aromatic carbocycles. The van der Waals surface area contributed by atoms with E-state index in [9.17, 15) is 0 Å². The highest BCUT2D eigenvalue weighted by atomic mass is 16.5. The van der Waals surface area contributed by atoms with Crippen LogP contribution in [-0.4, -0.2) is 19.2 Å². The Bertz CT molecular complexity index is 363. The third-order valence-corrected chi connectivity index (χ3v) is 4.07. The lowest BCUT2D eigenvalue weighted by Gasteiger charge is -2.26. The van der Waals surface area contributed by atoms with Gasteiger partial charge in [0.1, 0.15) is 11.9 Å². The van der Waals surface area contributed by atoms with Crippen molar-refractivity contribution in [1.82, 2.24) is 5.32 Å². The summed E-state index contributed by atoms with van der Waals surface area (Å²) in [6, 6.07) is 8.63. The molecule has 2 rings (SSSR count). The fourth-order valence-corrected chi connectivity index (χ4v) is 2.30. The molecule has 2 nitrogen and oxygen atoms in total. The van der Waals surface area contributed by atoms with Gasteiger partial charge >= 0.3 is 0 Å². The van der Waals surface area contributed by atoms with Gasteiger partial charge in [-0.2, -0.15) is 0 Å². The van der Waals surface area contributed by atoms with E-state index in [2.05, 4.69) is 50.4 Å². The molecule has 0 radical (unpaired) electrons. The van der Waals surface area contributed by atoms with Crippen LogP contribution in [0.1, 0.15) is 45.6 Å². The Morgan fingerprint density at radius 2 is 2.00 bits per heavy atom. The van der Waals surface area contributed by atoms with Gasteiger partial charge in [0.2, 0.25) is 0 Å². The first-order valence-corrected chi connectivity index (χ1v) is 7.10. The molecule has 0 bridgehead atoms. The topological polar surface area (TPSA) is 21.3 Å². The second-order valence-corrected chi connectivity index (χ2v) is 5.85. The van der Waals surface area contributed by atoms with Crippen molar-refractivity contribution < 1.29 is 4.74 Å². The largest absolute Gasteiger partial charge is 0.489 e. The lowest BCUT2D eigenvalue weighted by atomic mass is 9.82. The minimum absolute atomic E-state index is 0.255. The number of hydrogen-bond donors (Lipinski definition) is 1. The fraction of sp³-hybridized carbons (Fsp3) is 0.625. The highest BCUT2D eigenvalue weighted by Crippen LogP contribution is 2.28. The predicted molar refractivity (Wildman–Crippen MR) is 76.3 cm³/mol. The molecule has 0 amide bonds. The maximum atomic E-state index is 5.99. The Balaban J connectivity index is 1.99. The number of benzene rings is 1. The van der Waals surface area contributed by atoms with Crippen LogP contribution in [0.5, 0.6) is 5.75 Å². The second kappa shape index (κ2) is 5.75. The van der Waals surface area contributed by atoms with Crippen molar-refractivity contribution in [2.75, 3.05) is 13.1 Å². The molecule has 0 aromatic heterocycles. The molecule has 1 N–H and O–H groups in total. The molecule has 1 saturated heterocycles. The van der Waals surface area contributed by atoms with Gasteiger partial charge < -0.3 is 10.1 Å². The average molecular weight is 247 g/mol. The molecule has 1 aromatic rings. The summed E-state index contributed by atoms with van der Waals surface area (Å²) >= 11 is 0. The zero-order valence-electron chi connectivity index (χ0n) is 11.8. The van der Waals surface area contributed by atoms with Gasteiger partial charge in [0.15, 0.2) is 0 Å². The zero-order valence-corrected chi connectivity index (χ0v) is 11.8. The van der Waals surface area contributed by atoms with Crippen LogP contribution in [0.15, 0.2) is 24.3 Å². The van der Waals surface area contributed by atoms with Gasteiger partial charge in [0.05, 0.1) is 0 Å². The van der Waals surface area contributed by atoms with Gasteiger partial charge in [-0.05, 0) is 48.9 Å². The monoisotopic (exact) mass is 247 g/mol. The summed E-state index contributed by atoms with van der Waals surface area (Å²) in [5.74, 6) is 0.999. The lowest BCUT2D eigenvalue weighted by molar-refractivity contribution is 0.167. The van der Waals surface area contributed by atoms with Crippen molar-refractivity contribution in [2.45, 2.75) is 51.6 Å². The van der Waals surface area contributed by atoms with Crippen LogP contribution >= 0.6 is 0 Å². The first kappa shape index (κ1) is 13.4. The van der Waals surface area contributed by atoms with Crippen molar-refractivity contribution in [3.05, 3.63) is 29.8 Å². The molecule has 1 aliphatic rings. The Morgan fingerprint density at radius 1 is 1.28 bits per heavy atom. The molecule has 0 aliphatic carbocycles. The van der Waals surface area contributed by atoms with Crippen LogP contribution in [0.3, 0.4) is 0 Å². The zero-order chi connectivity index (χ0) is 13.0. The Kier molecular flexibility index (Phi) is 4.28. The van der Waals surface area contributed by atoms with Gasteiger partial charge in [-0.3, -0.25) is 0 Å². The van der Waals surface area contributed by atoms with Crippen LogP contribution < -0.4 is 10.1 Å². The molecule has 0 unspecified atom stereocenters. The molecule has 1 fully saturated rings. The molecule has 0 saturated carbocycles. The van der Waals surface area contributed by atoms with E-state index in [4.69, 9.17) is 4.74 Å². The number of piperidine rings is 1. The minimum Gasteiger partial charge on any atom is -0.489 e. The van der Waals surface area contributed by atoms with E-state index in [1.54, 1.807) is 0 Å². The molecular weight excluding hydrogens is 222 g/mol. The number of ether oxygens (including phenoxy) is 1. The number of hydrogen-bond acceptors (Lipinski definition) is 2. The Morgan fingerprint density at radius 3 is 2.56 bits per heavy atom. The SMILES string of the molecule is CCC(C)(C)c1ccc(O[C@@H]2CCCNC2)cc1. The van der Waals surface area contributed by atoms with Gasteiger partial charge in [0.25, 0.3) is 0 Å². The molecular formula is C16H25NO. The molecule has 1 heterocycles. The summed E-state index contributed by atoms with van der Waals surface area (Å²) in [5, 5.41) is 3.37. The average Bonchev–Trinajstić information content (AvgIpc) is 2.40. The van der Waals surface area contributed by atoms with E-state index < -0.39 is 0 Å². The third-order valence-electron chi connectivity index (χ3n) is 4.07. The van der Waals surface area contributed by atoms with Crippen LogP contribution in [0.2, 0.25) is 0 Å². The van der Waals surface area contributed by atoms with E-state index in [1.165, 1.54) is 12.0 Å². The van der Waals surface area contributed by atoms with Crippen molar-refractivity contribution >= 4 is 0 Å². The summed E-state index contributed by atoms with van der Waals surface area (Å²) in [5.41, 5.74) is 1.64. The van der Waals surface area contributed by atoms with Crippen molar-refractivity contribution in [3.63, 3.8) is 0 Å². The van der Waals surface area contributed by atoms with Crippen LogP contribution in [-0.2, 0) is 5.41 Å².